The summed E-state index contributed by atoms with van der Waals surface area (Å²) in [5.41, 5.74) is 1.77. The maximum absolute atomic E-state index is 10.6. The molecular formula is C8H7BrN2O2. The van der Waals surface area contributed by atoms with E-state index in [9.17, 15) is 10.1 Å². The summed E-state index contributed by atoms with van der Waals surface area (Å²) in [6, 6.07) is 5.11. The molecule has 1 N–H and O–H groups in total. The van der Waals surface area contributed by atoms with Gasteiger partial charge in [0.15, 0.2) is 0 Å². The largest absolute Gasteiger partial charge is 0.378 e. The number of hydrogen-bond acceptors (Lipinski definition) is 3. The van der Waals surface area contributed by atoms with Gasteiger partial charge in [-0.3, -0.25) is 10.1 Å². The van der Waals surface area contributed by atoms with Gasteiger partial charge in [0.05, 0.1) is 9.75 Å². The van der Waals surface area contributed by atoms with E-state index >= 15 is 0 Å². The first-order valence-corrected chi connectivity index (χ1v) is 4.77. The summed E-state index contributed by atoms with van der Waals surface area (Å²) < 4.78 is 0. The zero-order valence-corrected chi connectivity index (χ0v) is 8.24. The van der Waals surface area contributed by atoms with Gasteiger partial charge in [0, 0.05) is 12.6 Å². The summed E-state index contributed by atoms with van der Waals surface area (Å²) in [4.78, 5) is 10.4. The van der Waals surface area contributed by atoms with Gasteiger partial charge in [-0.05, 0) is 5.56 Å². The molecule has 0 saturated heterocycles. The van der Waals surface area contributed by atoms with Crippen molar-refractivity contribution in [2.24, 2.45) is 0 Å². The number of nitro groups is 1. The van der Waals surface area contributed by atoms with Gasteiger partial charge in [-0.25, -0.2) is 0 Å². The second-order valence-corrected chi connectivity index (χ2v) is 3.95. The van der Waals surface area contributed by atoms with E-state index in [2.05, 4.69) is 21.2 Å². The highest BCUT2D eigenvalue weighted by Crippen LogP contribution is 2.40. The quantitative estimate of drug-likeness (QED) is 0.468. The van der Waals surface area contributed by atoms with Crippen molar-refractivity contribution in [2.45, 2.75) is 4.83 Å². The van der Waals surface area contributed by atoms with Crippen LogP contribution in [0.25, 0.3) is 0 Å². The third-order valence-corrected chi connectivity index (χ3v) is 2.88. The summed E-state index contributed by atoms with van der Waals surface area (Å²) >= 11 is 3.44. The number of rotatable bonds is 1. The van der Waals surface area contributed by atoms with Crippen LogP contribution in [-0.2, 0) is 0 Å². The van der Waals surface area contributed by atoms with E-state index in [1.54, 1.807) is 6.07 Å². The number of fused-ring (bicyclic) bond motifs is 1. The lowest BCUT2D eigenvalue weighted by molar-refractivity contribution is -0.383. The van der Waals surface area contributed by atoms with Gasteiger partial charge < -0.3 is 5.32 Å². The lowest BCUT2D eigenvalue weighted by atomic mass is 10.1. The molecule has 1 aliphatic heterocycles. The van der Waals surface area contributed by atoms with Crippen LogP contribution in [0.15, 0.2) is 18.2 Å². The van der Waals surface area contributed by atoms with Crippen LogP contribution in [0.5, 0.6) is 0 Å². The van der Waals surface area contributed by atoms with Gasteiger partial charge in [-0.1, -0.05) is 28.1 Å². The monoisotopic (exact) mass is 242 g/mol. The van der Waals surface area contributed by atoms with Gasteiger partial charge in [-0.2, -0.15) is 0 Å². The van der Waals surface area contributed by atoms with Gasteiger partial charge in [-0.15, -0.1) is 0 Å². The highest BCUT2D eigenvalue weighted by molar-refractivity contribution is 9.09. The van der Waals surface area contributed by atoms with Crippen molar-refractivity contribution in [1.29, 1.82) is 0 Å². The van der Waals surface area contributed by atoms with Crippen molar-refractivity contribution in [1.82, 2.24) is 0 Å². The Balaban J connectivity index is 2.57. The van der Waals surface area contributed by atoms with E-state index < -0.39 is 0 Å². The fourth-order valence-corrected chi connectivity index (χ4v) is 2.01. The van der Waals surface area contributed by atoms with Crippen LogP contribution in [0.4, 0.5) is 11.4 Å². The second-order valence-electron chi connectivity index (χ2n) is 2.85. The van der Waals surface area contributed by atoms with Crippen LogP contribution in [0.3, 0.4) is 0 Å². The third kappa shape index (κ3) is 1.29. The Morgan fingerprint density at radius 1 is 1.62 bits per heavy atom. The molecule has 0 fully saturated rings. The minimum Gasteiger partial charge on any atom is -0.378 e. The van der Waals surface area contributed by atoms with Gasteiger partial charge in [0.25, 0.3) is 5.69 Å². The summed E-state index contributed by atoms with van der Waals surface area (Å²) in [6.45, 7) is 0.709. The fraction of sp³-hybridized carbons (Fsp3) is 0.250. The number of nitrogens with zero attached hydrogens (tertiary/aromatic N) is 1. The number of halogens is 1. The van der Waals surface area contributed by atoms with Gasteiger partial charge in [0.1, 0.15) is 5.69 Å². The predicted octanol–water partition coefficient (Wildman–Crippen LogP) is 2.46. The van der Waals surface area contributed by atoms with E-state index in [0.29, 0.717) is 12.2 Å². The number of nitrogens with one attached hydrogen (secondary N) is 1. The van der Waals surface area contributed by atoms with E-state index in [1.807, 2.05) is 6.07 Å². The number of para-hydroxylation sites is 1. The number of nitro benzene ring substituents is 1. The molecule has 1 aromatic carbocycles. The lowest BCUT2D eigenvalue weighted by Crippen LogP contribution is -1.96. The third-order valence-electron chi connectivity index (χ3n) is 2.07. The van der Waals surface area contributed by atoms with Crippen LogP contribution in [-0.4, -0.2) is 11.5 Å². The normalized spacial score (nSPS) is 19.3. The van der Waals surface area contributed by atoms with Crippen molar-refractivity contribution in [3.8, 4) is 0 Å². The Morgan fingerprint density at radius 2 is 2.38 bits per heavy atom. The summed E-state index contributed by atoms with van der Waals surface area (Å²) in [5, 5.41) is 13.6. The van der Waals surface area contributed by atoms with E-state index in [-0.39, 0.29) is 15.4 Å². The lowest BCUT2D eigenvalue weighted by Gasteiger charge is -2.00. The topological polar surface area (TPSA) is 55.2 Å². The van der Waals surface area contributed by atoms with Crippen LogP contribution < -0.4 is 5.32 Å². The first-order chi connectivity index (χ1) is 6.20. The zero-order valence-electron chi connectivity index (χ0n) is 6.66. The minimum atomic E-state index is -0.364. The van der Waals surface area contributed by atoms with E-state index in [1.165, 1.54) is 6.07 Å². The van der Waals surface area contributed by atoms with Crippen LogP contribution in [0.1, 0.15) is 10.4 Å². The van der Waals surface area contributed by atoms with Gasteiger partial charge in [0.2, 0.25) is 0 Å². The maximum Gasteiger partial charge on any atom is 0.292 e. The zero-order chi connectivity index (χ0) is 9.42. The molecule has 4 nitrogen and oxygen atoms in total. The first-order valence-electron chi connectivity index (χ1n) is 3.85. The molecule has 1 heterocycles. The Hall–Kier alpha value is -1.10. The average Bonchev–Trinajstić information content (AvgIpc) is 2.48. The summed E-state index contributed by atoms with van der Waals surface area (Å²) in [5.74, 6) is 0. The molecule has 2 rings (SSSR count). The molecule has 0 radical (unpaired) electrons. The Labute approximate surface area is 83.2 Å². The Bertz CT molecular complexity index is 367. The number of hydrogen-bond donors (Lipinski definition) is 1. The number of benzene rings is 1. The van der Waals surface area contributed by atoms with Crippen molar-refractivity contribution in [2.75, 3.05) is 11.9 Å². The molecule has 1 aromatic rings. The molecule has 0 aromatic heterocycles. The molecule has 1 aliphatic rings. The van der Waals surface area contributed by atoms with Gasteiger partial charge >= 0.3 is 0 Å². The SMILES string of the molecule is O=[N+]([O-])c1cccc2c1NCC2Br. The van der Waals surface area contributed by atoms with Crippen molar-refractivity contribution < 1.29 is 4.92 Å². The smallest absolute Gasteiger partial charge is 0.292 e. The Morgan fingerprint density at radius 3 is 3.08 bits per heavy atom. The Kier molecular flexibility index (Phi) is 1.95. The summed E-state index contributed by atoms with van der Waals surface area (Å²) in [6.07, 6.45) is 0. The van der Waals surface area contributed by atoms with Crippen LogP contribution in [0, 0.1) is 10.1 Å². The molecule has 13 heavy (non-hydrogen) atoms. The molecule has 0 saturated carbocycles. The minimum absolute atomic E-state index is 0.152. The van der Waals surface area contributed by atoms with Crippen molar-refractivity contribution >= 4 is 27.3 Å². The molecule has 1 unspecified atom stereocenters. The molecule has 0 amide bonds. The molecular weight excluding hydrogens is 236 g/mol. The predicted molar refractivity (Wildman–Crippen MR) is 53.3 cm³/mol. The molecule has 5 heteroatoms. The molecule has 0 spiro atoms. The van der Waals surface area contributed by atoms with Crippen LogP contribution >= 0.6 is 15.9 Å². The fourth-order valence-electron chi connectivity index (χ4n) is 1.46. The molecule has 68 valence electrons. The number of alkyl halides is 1. The highest BCUT2D eigenvalue weighted by atomic mass is 79.9. The standard InChI is InChI=1S/C8H7BrN2O2/c9-6-4-10-8-5(6)2-1-3-7(8)11(12)13/h1-3,6,10H,4H2. The van der Waals surface area contributed by atoms with E-state index in [0.717, 1.165) is 5.56 Å². The molecule has 1 atom stereocenters. The molecule has 0 aliphatic carbocycles. The molecule has 0 bridgehead atoms. The first kappa shape index (κ1) is 8.50. The number of anilines is 1. The van der Waals surface area contributed by atoms with E-state index in [4.69, 9.17) is 0 Å². The second kappa shape index (κ2) is 2.99. The highest BCUT2D eigenvalue weighted by Gasteiger charge is 2.26. The summed E-state index contributed by atoms with van der Waals surface area (Å²) in [7, 11) is 0. The average molecular weight is 243 g/mol. The maximum atomic E-state index is 10.6. The van der Waals surface area contributed by atoms with Crippen molar-refractivity contribution in [3.63, 3.8) is 0 Å². The van der Waals surface area contributed by atoms with Crippen molar-refractivity contribution in [3.05, 3.63) is 33.9 Å². The van der Waals surface area contributed by atoms with Crippen LogP contribution in [0.2, 0.25) is 0 Å².